The van der Waals surface area contributed by atoms with Crippen molar-refractivity contribution < 1.29 is 4.79 Å². The van der Waals surface area contributed by atoms with Crippen LogP contribution in [-0.4, -0.2) is 15.8 Å². The van der Waals surface area contributed by atoms with Crippen LogP contribution in [0.2, 0.25) is 0 Å². The Morgan fingerprint density at radius 3 is 2.96 bits per heavy atom. The molecule has 3 N–H and O–H groups in total. The number of aromatic amines is 1. The molecule has 3 heterocycles. The van der Waals surface area contributed by atoms with E-state index in [1.165, 1.54) is 24.5 Å². The van der Waals surface area contributed by atoms with E-state index in [0.717, 1.165) is 17.0 Å². The van der Waals surface area contributed by atoms with Crippen molar-refractivity contribution >= 4 is 17.1 Å². The molecule has 6 nitrogen and oxygen atoms in total. The molecule has 25 heavy (non-hydrogen) atoms. The van der Waals surface area contributed by atoms with E-state index < -0.39 is 0 Å². The average molecular weight is 354 g/mol. The maximum absolute atomic E-state index is 12.1. The molecule has 0 aromatic carbocycles. The normalized spacial score (nSPS) is 17.1. The van der Waals surface area contributed by atoms with Gasteiger partial charge in [-0.1, -0.05) is 24.8 Å². The summed E-state index contributed by atoms with van der Waals surface area (Å²) >= 11 is 1.37. The summed E-state index contributed by atoms with van der Waals surface area (Å²) in [5.41, 5.74) is 9.76. The first-order valence-corrected chi connectivity index (χ1v) is 8.60. The topological polar surface area (TPSA) is 86.9 Å². The third kappa shape index (κ3) is 3.38. The van der Waals surface area contributed by atoms with Crippen molar-refractivity contribution in [2.45, 2.75) is 19.9 Å². The van der Waals surface area contributed by atoms with Gasteiger partial charge in [0.15, 0.2) is 5.78 Å². The summed E-state index contributed by atoms with van der Waals surface area (Å²) in [5, 5.41) is 2.49. The minimum Gasteiger partial charge on any atom is -0.328 e. The zero-order valence-corrected chi connectivity index (χ0v) is 14.7. The van der Waals surface area contributed by atoms with E-state index in [2.05, 4.69) is 27.4 Å². The highest BCUT2D eigenvalue weighted by molar-refractivity contribution is 7.13. The fourth-order valence-corrected chi connectivity index (χ4v) is 3.42. The van der Waals surface area contributed by atoms with Crippen molar-refractivity contribution in [3.63, 3.8) is 0 Å². The molecule has 7 heteroatoms. The number of pyridine rings is 1. The van der Waals surface area contributed by atoms with Crippen molar-refractivity contribution in [2.75, 3.05) is 0 Å². The van der Waals surface area contributed by atoms with Gasteiger partial charge in [0.1, 0.15) is 5.01 Å². The number of ketones is 1. The number of nitrogens with zero attached hydrogens (tertiary/aromatic N) is 1. The van der Waals surface area contributed by atoms with Crippen LogP contribution in [0.5, 0.6) is 0 Å². The number of carbonyl (C=O) groups is 1. The van der Waals surface area contributed by atoms with Gasteiger partial charge in [-0.2, -0.15) is 0 Å². The number of hydrogen-bond acceptors (Lipinski definition) is 6. The molecule has 0 spiro atoms. The third-order valence-electron chi connectivity index (χ3n) is 3.92. The highest BCUT2D eigenvalue weighted by Crippen LogP contribution is 2.31. The number of nitrogens with one attached hydrogen (secondary N) is 3. The van der Waals surface area contributed by atoms with Gasteiger partial charge in [-0.05, 0) is 25.5 Å². The van der Waals surface area contributed by atoms with Crippen molar-refractivity contribution in [3.8, 4) is 10.6 Å². The Balaban J connectivity index is 1.97. The van der Waals surface area contributed by atoms with Gasteiger partial charge in [-0.25, -0.2) is 10.4 Å². The third-order valence-corrected chi connectivity index (χ3v) is 4.81. The Bertz CT molecular complexity index is 952. The predicted octanol–water partition coefficient (Wildman–Crippen LogP) is 2.87. The maximum atomic E-state index is 12.1. The lowest BCUT2D eigenvalue weighted by Gasteiger charge is -2.09. The summed E-state index contributed by atoms with van der Waals surface area (Å²) in [6.07, 6.45) is 6.99. The highest BCUT2D eigenvalue weighted by Gasteiger charge is 2.25. The molecule has 1 unspecified atom stereocenters. The molecule has 0 bridgehead atoms. The number of thiazole rings is 1. The Morgan fingerprint density at radius 2 is 2.24 bits per heavy atom. The van der Waals surface area contributed by atoms with E-state index >= 15 is 0 Å². The lowest BCUT2D eigenvalue weighted by molar-refractivity contribution is 0.101. The van der Waals surface area contributed by atoms with Crippen LogP contribution >= 0.6 is 11.3 Å². The van der Waals surface area contributed by atoms with Crippen molar-refractivity contribution in [1.29, 1.82) is 0 Å². The first kappa shape index (κ1) is 17.1. The molecule has 2 aromatic heterocycles. The van der Waals surface area contributed by atoms with E-state index in [4.69, 9.17) is 0 Å². The van der Waals surface area contributed by atoms with Gasteiger partial charge in [0.25, 0.3) is 5.56 Å². The van der Waals surface area contributed by atoms with Crippen molar-refractivity contribution in [2.24, 2.45) is 0 Å². The second kappa shape index (κ2) is 7.00. The summed E-state index contributed by atoms with van der Waals surface area (Å²) in [7, 11) is 0. The summed E-state index contributed by atoms with van der Waals surface area (Å²) in [6, 6.07) is 1.47. The number of hydrazine groups is 1. The van der Waals surface area contributed by atoms with Crippen LogP contribution in [0, 0.1) is 0 Å². The van der Waals surface area contributed by atoms with Gasteiger partial charge in [0.05, 0.1) is 17.3 Å². The van der Waals surface area contributed by atoms with E-state index in [1.54, 1.807) is 12.1 Å². The minimum absolute atomic E-state index is 0.105. The molecule has 1 atom stereocenters. The lowest BCUT2D eigenvalue weighted by Crippen LogP contribution is -2.26. The maximum Gasteiger partial charge on any atom is 0.258 e. The Kier molecular flexibility index (Phi) is 4.78. The number of aromatic nitrogens is 2. The molecule has 1 aliphatic heterocycles. The molecule has 1 aliphatic rings. The molecule has 0 radical (unpaired) electrons. The van der Waals surface area contributed by atoms with Crippen LogP contribution in [0.25, 0.3) is 10.6 Å². The Labute approximate surface area is 149 Å². The van der Waals surface area contributed by atoms with Gasteiger partial charge in [0, 0.05) is 22.8 Å². The Hall–Kier alpha value is -2.77. The van der Waals surface area contributed by atoms with Crippen molar-refractivity contribution in [1.82, 2.24) is 20.8 Å². The SMILES string of the molecule is C=C/C=C\C1=C(C)NNC1c1csc(-c2cc(C(C)=O)c[nH]c2=O)n1. The number of H-pyrrole nitrogens is 1. The highest BCUT2D eigenvalue weighted by atomic mass is 32.1. The van der Waals surface area contributed by atoms with Crippen LogP contribution in [-0.2, 0) is 0 Å². The fraction of sp³-hybridized carbons (Fsp3) is 0.167. The van der Waals surface area contributed by atoms with Gasteiger partial charge in [-0.15, -0.1) is 11.3 Å². The monoisotopic (exact) mass is 354 g/mol. The van der Waals surface area contributed by atoms with Crippen LogP contribution in [0.15, 0.2) is 58.5 Å². The number of carbonyl (C=O) groups excluding carboxylic acids is 1. The van der Waals surface area contributed by atoms with E-state index in [1.807, 2.05) is 24.5 Å². The number of Topliss-reactive ketones (excluding diaryl/α,β-unsaturated/α-hetero) is 1. The van der Waals surface area contributed by atoms with Gasteiger partial charge < -0.3 is 10.4 Å². The van der Waals surface area contributed by atoms with Crippen LogP contribution in [0.1, 0.15) is 35.9 Å². The molecule has 128 valence electrons. The smallest absolute Gasteiger partial charge is 0.258 e. The van der Waals surface area contributed by atoms with Crippen LogP contribution in [0.3, 0.4) is 0 Å². The number of hydrogen-bond donors (Lipinski definition) is 3. The zero-order valence-electron chi connectivity index (χ0n) is 13.9. The molecule has 0 fully saturated rings. The lowest BCUT2D eigenvalue weighted by atomic mass is 10.0. The summed E-state index contributed by atoms with van der Waals surface area (Å²) < 4.78 is 0. The second-order valence-electron chi connectivity index (χ2n) is 5.64. The second-order valence-corrected chi connectivity index (χ2v) is 6.50. The molecule has 0 saturated carbocycles. The first-order chi connectivity index (χ1) is 12.0. The predicted molar refractivity (Wildman–Crippen MR) is 99.2 cm³/mol. The quantitative estimate of drug-likeness (QED) is 0.568. The largest absolute Gasteiger partial charge is 0.328 e. The summed E-state index contributed by atoms with van der Waals surface area (Å²) in [6.45, 7) is 7.13. The fourth-order valence-electron chi connectivity index (χ4n) is 2.56. The zero-order chi connectivity index (χ0) is 18.0. The van der Waals surface area contributed by atoms with Crippen molar-refractivity contribution in [3.05, 3.63) is 75.3 Å². The van der Waals surface area contributed by atoms with E-state index in [0.29, 0.717) is 16.1 Å². The Morgan fingerprint density at radius 1 is 1.44 bits per heavy atom. The molecule has 0 saturated heterocycles. The molecule has 3 rings (SSSR count). The van der Waals surface area contributed by atoms with Crippen LogP contribution < -0.4 is 16.4 Å². The van der Waals surface area contributed by atoms with E-state index in [9.17, 15) is 9.59 Å². The van der Waals surface area contributed by atoms with Gasteiger partial charge in [-0.3, -0.25) is 9.59 Å². The first-order valence-electron chi connectivity index (χ1n) is 7.72. The average Bonchev–Trinajstić information content (AvgIpc) is 3.20. The summed E-state index contributed by atoms with van der Waals surface area (Å²) in [4.78, 5) is 30.9. The van der Waals surface area contributed by atoms with E-state index in [-0.39, 0.29) is 17.4 Å². The molecule has 0 aliphatic carbocycles. The summed E-state index contributed by atoms with van der Waals surface area (Å²) in [5.74, 6) is -0.105. The van der Waals surface area contributed by atoms with Gasteiger partial charge in [0.2, 0.25) is 0 Å². The van der Waals surface area contributed by atoms with Gasteiger partial charge >= 0.3 is 0 Å². The number of rotatable bonds is 5. The molecular formula is C18H18N4O2S. The standard InChI is InChI=1S/C18H18N4O2S/c1-4-5-6-13-10(2)21-22-16(13)15-9-25-18(20-15)14-7-12(11(3)23)8-19-17(14)24/h4-9,16,21-22H,1H2,2-3H3,(H,19,24)/b6-5-. The molecule has 0 amide bonds. The van der Waals surface area contributed by atoms with Crippen LogP contribution in [0.4, 0.5) is 0 Å². The minimum atomic E-state index is -0.262. The molecule has 2 aromatic rings. The number of allylic oxidation sites excluding steroid dienone is 3. The molecular weight excluding hydrogens is 336 g/mol.